The van der Waals surface area contributed by atoms with E-state index in [4.69, 9.17) is 4.89 Å². The molecule has 1 aliphatic heterocycles. The van der Waals surface area contributed by atoms with Gasteiger partial charge in [-0.25, -0.2) is 4.89 Å². The van der Waals surface area contributed by atoms with E-state index in [0.717, 1.165) is 12.0 Å². The van der Waals surface area contributed by atoms with Gasteiger partial charge >= 0.3 is 0 Å². The van der Waals surface area contributed by atoms with E-state index in [1.807, 2.05) is 0 Å². The van der Waals surface area contributed by atoms with Crippen LogP contribution in [0.1, 0.15) is 6.92 Å². The lowest BCUT2D eigenvalue weighted by Gasteiger charge is -2.36. The van der Waals surface area contributed by atoms with Gasteiger partial charge in [0.2, 0.25) is 5.91 Å². The Morgan fingerprint density at radius 2 is 2.27 bits per heavy atom. The summed E-state index contributed by atoms with van der Waals surface area (Å²) in [6.45, 7) is 2.84. The Labute approximate surface area is 70.0 Å². The summed E-state index contributed by atoms with van der Waals surface area (Å²) in [5, 5.41) is 0. The van der Waals surface area contributed by atoms with Gasteiger partial charge in [0.1, 0.15) is 6.10 Å². The fourth-order valence-electron chi connectivity index (χ4n) is 0.851. The number of carbonyl (C=O) groups is 1. The van der Waals surface area contributed by atoms with E-state index >= 15 is 0 Å². The third kappa shape index (κ3) is 2.36. The molecular weight excluding hydrogens is 166 g/mol. The predicted molar refractivity (Wildman–Crippen MR) is 41.7 cm³/mol. The molecule has 0 radical (unpaired) electrons. The van der Waals surface area contributed by atoms with Crippen molar-refractivity contribution in [3.8, 4) is 0 Å². The lowest BCUT2D eigenvalue weighted by molar-refractivity contribution is -0.259. The number of amides is 1. The van der Waals surface area contributed by atoms with Crippen LogP contribution in [0.15, 0.2) is 0 Å². The zero-order valence-corrected chi connectivity index (χ0v) is 7.39. The Hall–Kier alpha value is -0.260. The summed E-state index contributed by atoms with van der Waals surface area (Å²) < 4.78 is 4.64. The minimum atomic E-state index is 0.0614. The molecule has 64 valence electrons. The zero-order chi connectivity index (χ0) is 8.27. The highest BCUT2D eigenvalue weighted by molar-refractivity contribution is 7.93. The summed E-state index contributed by atoms with van der Waals surface area (Å²) in [7, 11) is 0. The molecule has 1 fully saturated rings. The van der Waals surface area contributed by atoms with Gasteiger partial charge in [-0.15, -0.1) is 0 Å². The first-order valence-electron chi connectivity index (χ1n) is 3.35. The SMILES string of the molecule is CSOOC1CN(C(C)=O)C1. The second kappa shape index (κ2) is 3.94. The fraction of sp³-hybridized carbons (Fsp3) is 0.833. The number of hydrogen-bond acceptors (Lipinski definition) is 4. The normalized spacial score (nSPS) is 18.2. The second-order valence-corrected chi connectivity index (χ2v) is 2.85. The summed E-state index contributed by atoms with van der Waals surface area (Å²) in [5.41, 5.74) is 0. The van der Waals surface area contributed by atoms with Gasteiger partial charge in [-0.05, 0) is 0 Å². The number of carbonyl (C=O) groups excluding carboxylic acids is 1. The van der Waals surface area contributed by atoms with Gasteiger partial charge in [-0.1, -0.05) is 0 Å². The molecule has 0 aliphatic carbocycles. The maximum Gasteiger partial charge on any atom is 0.219 e. The predicted octanol–water partition coefficient (Wildman–Crippen LogP) is 0.443. The average molecular weight is 177 g/mol. The lowest BCUT2D eigenvalue weighted by atomic mass is 10.2. The number of rotatable bonds is 3. The fourth-order valence-corrected chi connectivity index (χ4v) is 1.04. The molecule has 0 saturated carbocycles. The molecule has 1 saturated heterocycles. The molecule has 1 amide bonds. The molecule has 1 heterocycles. The molecule has 0 N–H and O–H groups in total. The summed E-state index contributed by atoms with van der Waals surface area (Å²) in [6.07, 6.45) is 1.84. The van der Waals surface area contributed by atoms with Gasteiger partial charge in [0, 0.05) is 25.2 Å². The van der Waals surface area contributed by atoms with Crippen molar-refractivity contribution >= 4 is 17.9 Å². The molecule has 11 heavy (non-hydrogen) atoms. The van der Waals surface area contributed by atoms with Crippen molar-refractivity contribution in [1.29, 1.82) is 0 Å². The van der Waals surface area contributed by atoms with Crippen LogP contribution in [0, 0.1) is 0 Å². The highest BCUT2D eigenvalue weighted by Gasteiger charge is 2.30. The van der Waals surface area contributed by atoms with Gasteiger partial charge in [-0.2, -0.15) is 4.33 Å². The Morgan fingerprint density at radius 3 is 2.73 bits per heavy atom. The third-order valence-corrected chi connectivity index (χ3v) is 1.75. The molecule has 0 aromatic carbocycles. The largest absolute Gasteiger partial charge is 0.337 e. The van der Waals surface area contributed by atoms with Crippen LogP contribution in [-0.2, 0) is 14.0 Å². The van der Waals surface area contributed by atoms with Crippen LogP contribution in [-0.4, -0.2) is 36.3 Å². The molecule has 1 rings (SSSR count). The van der Waals surface area contributed by atoms with Crippen LogP contribution in [0.3, 0.4) is 0 Å². The van der Waals surface area contributed by atoms with E-state index in [-0.39, 0.29) is 12.0 Å². The quantitative estimate of drug-likeness (QED) is 0.356. The molecule has 0 aromatic rings. The van der Waals surface area contributed by atoms with E-state index in [1.165, 1.54) is 0 Å². The summed E-state index contributed by atoms with van der Waals surface area (Å²) in [6, 6.07) is 0. The van der Waals surface area contributed by atoms with E-state index in [9.17, 15) is 4.79 Å². The average Bonchev–Trinajstić information content (AvgIpc) is 1.84. The topological polar surface area (TPSA) is 38.8 Å². The van der Waals surface area contributed by atoms with Crippen LogP contribution in [0.25, 0.3) is 0 Å². The molecule has 0 unspecified atom stereocenters. The van der Waals surface area contributed by atoms with Gasteiger partial charge in [0.25, 0.3) is 0 Å². The Balaban J connectivity index is 2.05. The van der Waals surface area contributed by atoms with Gasteiger partial charge < -0.3 is 4.90 Å². The van der Waals surface area contributed by atoms with Crippen molar-refractivity contribution in [2.45, 2.75) is 13.0 Å². The Bertz CT molecular complexity index is 147. The molecule has 0 aromatic heterocycles. The minimum absolute atomic E-state index is 0.0614. The first-order chi connectivity index (χ1) is 5.24. The highest BCUT2D eigenvalue weighted by Crippen LogP contribution is 2.13. The summed E-state index contributed by atoms with van der Waals surface area (Å²) in [4.78, 5) is 17.2. The van der Waals surface area contributed by atoms with Gasteiger partial charge in [-0.3, -0.25) is 4.79 Å². The van der Waals surface area contributed by atoms with Crippen molar-refractivity contribution in [2.75, 3.05) is 19.3 Å². The van der Waals surface area contributed by atoms with E-state index in [0.29, 0.717) is 13.1 Å². The van der Waals surface area contributed by atoms with Gasteiger partial charge in [0.15, 0.2) is 0 Å². The second-order valence-electron chi connectivity index (χ2n) is 2.38. The zero-order valence-electron chi connectivity index (χ0n) is 6.57. The van der Waals surface area contributed by atoms with Crippen LogP contribution in [0.2, 0.25) is 0 Å². The smallest absolute Gasteiger partial charge is 0.219 e. The highest BCUT2D eigenvalue weighted by atomic mass is 32.2. The molecule has 0 spiro atoms. The van der Waals surface area contributed by atoms with Crippen molar-refractivity contribution in [1.82, 2.24) is 4.90 Å². The Kier molecular flexibility index (Phi) is 3.16. The van der Waals surface area contributed by atoms with Crippen molar-refractivity contribution in [2.24, 2.45) is 0 Å². The van der Waals surface area contributed by atoms with Crippen molar-refractivity contribution < 1.29 is 14.0 Å². The third-order valence-electron chi connectivity index (χ3n) is 1.54. The monoisotopic (exact) mass is 177 g/mol. The summed E-state index contributed by atoms with van der Waals surface area (Å²) >= 11 is 1.16. The van der Waals surface area contributed by atoms with Crippen LogP contribution in [0.5, 0.6) is 0 Å². The Morgan fingerprint density at radius 1 is 1.64 bits per heavy atom. The standard InChI is InChI=1S/C6H11NO3S/c1-5(8)7-3-6(4-7)9-10-11-2/h6H,3-4H2,1-2H3. The molecule has 1 aliphatic rings. The minimum Gasteiger partial charge on any atom is -0.337 e. The van der Waals surface area contributed by atoms with E-state index in [2.05, 4.69) is 4.33 Å². The molecule has 0 atom stereocenters. The maximum absolute atomic E-state index is 10.7. The van der Waals surface area contributed by atoms with Crippen LogP contribution >= 0.6 is 12.0 Å². The molecule has 5 heteroatoms. The first-order valence-corrected chi connectivity index (χ1v) is 4.50. The molecule has 0 bridgehead atoms. The molecular formula is C6H11NO3S. The van der Waals surface area contributed by atoms with E-state index < -0.39 is 0 Å². The van der Waals surface area contributed by atoms with E-state index in [1.54, 1.807) is 18.1 Å². The van der Waals surface area contributed by atoms with Gasteiger partial charge in [0.05, 0.1) is 13.1 Å². The van der Waals surface area contributed by atoms with Crippen LogP contribution in [0.4, 0.5) is 0 Å². The van der Waals surface area contributed by atoms with Crippen LogP contribution < -0.4 is 0 Å². The number of nitrogens with zero attached hydrogens (tertiary/aromatic N) is 1. The maximum atomic E-state index is 10.7. The molecule has 4 nitrogen and oxygen atoms in total. The summed E-state index contributed by atoms with van der Waals surface area (Å²) in [5.74, 6) is 0.0917. The van der Waals surface area contributed by atoms with Crippen molar-refractivity contribution in [3.63, 3.8) is 0 Å². The first kappa shape index (κ1) is 8.83. The number of likely N-dealkylation sites (tertiary alicyclic amines) is 1. The van der Waals surface area contributed by atoms with Crippen molar-refractivity contribution in [3.05, 3.63) is 0 Å². The number of hydrogen-bond donors (Lipinski definition) is 0. The lowest BCUT2D eigenvalue weighted by Crippen LogP contribution is -2.53.